The Labute approximate surface area is 181 Å². The number of fused-ring (bicyclic) bond motifs is 1. The molecule has 0 aliphatic carbocycles. The summed E-state index contributed by atoms with van der Waals surface area (Å²) >= 11 is 7.74. The van der Waals surface area contributed by atoms with Crippen LogP contribution < -0.4 is 5.32 Å². The number of amides is 1. The van der Waals surface area contributed by atoms with Gasteiger partial charge in [-0.25, -0.2) is 14.8 Å². The summed E-state index contributed by atoms with van der Waals surface area (Å²) in [5, 5.41) is 4.91. The number of nitrogens with one attached hydrogen (secondary N) is 1. The maximum absolute atomic E-state index is 12.5. The van der Waals surface area contributed by atoms with Gasteiger partial charge in [0.2, 0.25) is 0 Å². The van der Waals surface area contributed by atoms with E-state index < -0.39 is 5.60 Å². The zero-order valence-electron chi connectivity index (χ0n) is 17.3. The van der Waals surface area contributed by atoms with E-state index in [1.165, 1.54) is 11.8 Å². The fraction of sp³-hybridized carbons (Fsp3) is 0.476. The van der Waals surface area contributed by atoms with Crippen LogP contribution in [0.3, 0.4) is 0 Å². The number of carbonyl (C=O) groups is 1. The average Bonchev–Trinajstić information content (AvgIpc) is 2.67. The van der Waals surface area contributed by atoms with Gasteiger partial charge in [-0.2, -0.15) is 0 Å². The van der Waals surface area contributed by atoms with Crippen LogP contribution in [0, 0.1) is 0 Å². The van der Waals surface area contributed by atoms with E-state index in [1.54, 1.807) is 4.90 Å². The molecule has 0 spiro atoms. The van der Waals surface area contributed by atoms with Gasteiger partial charge in [-0.1, -0.05) is 41.6 Å². The Morgan fingerprint density at radius 3 is 2.76 bits per heavy atom. The maximum Gasteiger partial charge on any atom is 0.410 e. The predicted molar refractivity (Wildman–Crippen MR) is 118 cm³/mol. The first kappa shape index (κ1) is 21.7. The van der Waals surface area contributed by atoms with Crippen LogP contribution in [0.5, 0.6) is 0 Å². The fourth-order valence-corrected chi connectivity index (χ4v) is 3.76. The largest absolute Gasteiger partial charge is 0.444 e. The van der Waals surface area contributed by atoms with E-state index in [0.29, 0.717) is 24.7 Å². The second-order valence-electron chi connectivity index (χ2n) is 7.90. The van der Waals surface area contributed by atoms with Crippen molar-refractivity contribution in [2.24, 2.45) is 0 Å². The van der Waals surface area contributed by atoms with Gasteiger partial charge >= 0.3 is 6.09 Å². The number of anilines is 1. The highest BCUT2D eigenvalue weighted by Gasteiger charge is 2.28. The van der Waals surface area contributed by atoms with Crippen molar-refractivity contribution in [3.05, 3.63) is 46.1 Å². The van der Waals surface area contributed by atoms with Crippen LogP contribution in [-0.2, 0) is 24.1 Å². The molecule has 2 aromatic rings. The van der Waals surface area contributed by atoms with Crippen molar-refractivity contribution < 1.29 is 9.53 Å². The van der Waals surface area contributed by atoms with Crippen LogP contribution in [0.1, 0.15) is 37.6 Å². The number of aromatic nitrogens is 2. The highest BCUT2D eigenvalue weighted by atomic mass is 35.5. The Bertz CT molecular complexity index is 885. The normalized spacial score (nSPS) is 13.8. The van der Waals surface area contributed by atoms with Gasteiger partial charge in [0.1, 0.15) is 11.4 Å². The third-order valence-corrected chi connectivity index (χ3v) is 5.44. The standard InChI is InChI=1S/C21H27ClN4O2S/c1-21(2,3)28-20(27)26-12-10-15-17(13-26)24-19(29-4)25-18(15)23-11-9-14-7-5-6-8-16(14)22/h5-8H,9-13H2,1-4H3,(H,23,24,25). The van der Waals surface area contributed by atoms with Crippen LogP contribution in [0.4, 0.5) is 10.6 Å². The van der Waals surface area contributed by atoms with Crippen molar-refractivity contribution in [1.82, 2.24) is 14.9 Å². The van der Waals surface area contributed by atoms with E-state index in [-0.39, 0.29) is 6.09 Å². The molecule has 0 bridgehead atoms. The Morgan fingerprint density at radius 1 is 1.31 bits per heavy atom. The number of benzene rings is 1. The van der Waals surface area contributed by atoms with Crippen LogP contribution >= 0.6 is 23.4 Å². The topological polar surface area (TPSA) is 67.4 Å². The van der Waals surface area contributed by atoms with Crippen LogP contribution in [0.15, 0.2) is 29.4 Å². The van der Waals surface area contributed by atoms with Crippen LogP contribution in [-0.4, -0.2) is 45.9 Å². The first-order chi connectivity index (χ1) is 13.8. The molecule has 29 heavy (non-hydrogen) atoms. The van der Waals surface area contributed by atoms with Crippen molar-refractivity contribution in [1.29, 1.82) is 0 Å². The van der Waals surface area contributed by atoms with E-state index in [4.69, 9.17) is 16.3 Å². The fourth-order valence-electron chi connectivity index (χ4n) is 3.14. The van der Waals surface area contributed by atoms with Gasteiger partial charge in [-0.15, -0.1) is 0 Å². The van der Waals surface area contributed by atoms with Gasteiger partial charge in [-0.3, -0.25) is 0 Å². The smallest absolute Gasteiger partial charge is 0.410 e. The molecule has 0 radical (unpaired) electrons. The van der Waals surface area contributed by atoms with Crippen molar-refractivity contribution >= 4 is 35.3 Å². The molecule has 0 unspecified atom stereocenters. The molecule has 3 rings (SSSR count). The summed E-state index contributed by atoms with van der Waals surface area (Å²) in [6, 6.07) is 7.86. The van der Waals surface area contributed by atoms with E-state index in [0.717, 1.165) is 40.6 Å². The highest BCUT2D eigenvalue weighted by molar-refractivity contribution is 7.98. The SMILES string of the molecule is CSc1nc2c(c(NCCc3ccccc3Cl)n1)CCN(C(=O)OC(C)(C)C)C2. The summed E-state index contributed by atoms with van der Waals surface area (Å²) < 4.78 is 5.51. The van der Waals surface area contributed by atoms with Gasteiger partial charge in [-0.05, 0) is 51.5 Å². The van der Waals surface area contributed by atoms with Crippen molar-refractivity contribution in [3.63, 3.8) is 0 Å². The summed E-state index contributed by atoms with van der Waals surface area (Å²) in [6.45, 7) is 7.35. The molecule has 6 nitrogen and oxygen atoms in total. The third kappa shape index (κ3) is 5.76. The summed E-state index contributed by atoms with van der Waals surface area (Å²) in [7, 11) is 0. The minimum atomic E-state index is -0.515. The first-order valence-electron chi connectivity index (χ1n) is 9.66. The minimum Gasteiger partial charge on any atom is -0.444 e. The van der Waals surface area contributed by atoms with E-state index in [2.05, 4.69) is 15.3 Å². The summed E-state index contributed by atoms with van der Waals surface area (Å²) in [6.07, 6.45) is 3.14. The molecule has 156 valence electrons. The number of hydrogen-bond donors (Lipinski definition) is 1. The lowest BCUT2D eigenvalue weighted by molar-refractivity contribution is 0.0220. The van der Waals surface area contributed by atoms with Crippen molar-refractivity contribution in [3.8, 4) is 0 Å². The summed E-state index contributed by atoms with van der Waals surface area (Å²) in [5.41, 5.74) is 2.54. The molecule has 1 aromatic heterocycles. The van der Waals surface area contributed by atoms with Crippen LogP contribution in [0.2, 0.25) is 5.02 Å². The molecule has 1 N–H and O–H groups in total. The molecule has 1 aromatic carbocycles. The Morgan fingerprint density at radius 2 is 2.07 bits per heavy atom. The van der Waals surface area contributed by atoms with Gasteiger partial charge in [0.25, 0.3) is 0 Å². The number of carbonyl (C=O) groups excluding carboxylic acids is 1. The summed E-state index contributed by atoms with van der Waals surface area (Å²) in [4.78, 5) is 23.5. The summed E-state index contributed by atoms with van der Waals surface area (Å²) in [5.74, 6) is 0.843. The lowest BCUT2D eigenvalue weighted by atomic mass is 10.1. The van der Waals surface area contributed by atoms with Gasteiger partial charge in [0, 0.05) is 23.7 Å². The molecule has 8 heteroatoms. The zero-order chi connectivity index (χ0) is 21.0. The maximum atomic E-state index is 12.5. The first-order valence-corrected chi connectivity index (χ1v) is 11.3. The molecule has 0 saturated heterocycles. The minimum absolute atomic E-state index is 0.305. The second-order valence-corrected chi connectivity index (χ2v) is 9.08. The van der Waals surface area contributed by atoms with Crippen molar-refractivity contribution in [2.45, 2.75) is 50.9 Å². The zero-order valence-corrected chi connectivity index (χ0v) is 18.9. The van der Waals surface area contributed by atoms with E-state index in [9.17, 15) is 4.79 Å². The number of rotatable bonds is 5. The number of nitrogens with zero attached hydrogens (tertiary/aromatic N) is 3. The van der Waals surface area contributed by atoms with Gasteiger partial charge in [0.15, 0.2) is 5.16 Å². The average molecular weight is 435 g/mol. The Balaban J connectivity index is 1.73. The van der Waals surface area contributed by atoms with E-state index >= 15 is 0 Å². The van der Waals surface area contributed by atoms with Gasteiger partial charge in [0.05, 0.1) is 12.2 Å². The lowest BCUT2D eigenvalue weighted by Crippen LogP contribution is -2.40. The molecule has 0 fully saturated rings. The van der Waals surface area contributed by atoms with Crippen LogP contribution in [0.25, 0.3) is 0 Å². The Kier molecular flexibility index (Phi) is 6.90. The van der Waals surface area contributed by atoms with Crippen molar-refractivity contribution in [2.75, 3.05) is 24.7 Å². The second kappa shape index (κ2) is 9.22. The molecule has 1 amide bonds. The quantitative estimate of drug-likeness (QED) is 0.538. The van der Waals surface area contributed by atoms with Gasteiger partial charge < -0.3 is 15.0 Å². The molecule has 2 heterocycles. The number of hydrogen-bond acceptors (Lipinski definition) is 6. The number of thioether (sulfide) groups is 1. The molecule has 0 saturated carbocycles. The molecule has 1 aliphatic heterocycles. The Hall–Kier alpha value is -1.99. The molecular weight excluding hydrogens is 408 g/mol. The molecule has 0 atom stereocenters. The lowest BCUT2D eigenvalue weighted by Gasteiger charge is -2.31. The monoisotopic (exact) mass is 434 g/mol. The predicted octanol–water partition coefficient (Wildman–Crippen LogP) is 4.80. The molecule has 1 aliphatic rings. The highest BCUT2D eigenvalue weighted by Crippen LogP contribution is 2.27. The third-order valence-electron chi connectivity index (χ3n) is 4.52. The van der Waals surface area contributed by atoms with E-state index in [1.807, 2.05) is 51.3 Å². The number of halogens is 1. The molecular formula is C21H27ClN4O2S. The number of ether oxygens (including phenoxy) is 1.